The summed E-state index contributed by atoms with van der Waals surface area (Å²) in [6, 6.07) is 35.2. The van der Waals surface area contributed by atoms with Gasteiger partial charge in [0.15, 0.2) is 0 Å². The first-order valence-electron chi connectivity index (χ1n) is 11.6. The summed E-state index contributed by atoms with van der Waals surface area (Å²) in [6.45, 7) is 7.03. The van der Waals surface area contributed by atoms with Crippen LogP contribution in [0, 0.1) is 0 Å². The molecule has 33 heavy (non-hydrogen) atoms. The van der Waals surface area contributed by atoms with Gasteiger partial charge < -0.3 is 0 Å². The lowest BCUT2D eigenvalue weighted by atomic mass is 10.0. The molecule has 1 saturated heterocycles. The van der Waals surface area contributed by atoms with Crippen LogP contribution in [0.5, 0.6) is 0 Å². The van der Waals surface area contributed by atoms with Crippen molar-refractivity contribution in [2.24, 2.45) is 0 Å². The Bertz CT molecular complexity index is 1300. The fourth-order valence-corrected chi connectivity index (χ4v) is 8.58. The van der Waals surface area contributed by atoms with E-state index in [1.165, 1.54) is 16.3 Å². The van der Waals surface area contributed by atoms with Crippen LogP contribution in [-0.2, 0) is 4.57 Å². The minimum absolute atomic E-state index is 0.0787. The van der Waals surface area contributed by atoms with Crippen molar-refractivity contribution in [1.29, 1.82) is 0 Å². The van der Waals surface area contributed by atoms with Crippen molar-refractivity contribution in [3.8, 4) is 0 Å². The van der Waals surface area contributed by atoms with Crippen molar-refractivity contribution in [3.63, 3.8) is 0 Å². The lowest BCUT2D eigenvalue weighted by molar-refractivity contribution is 0.557. The molecule has 0 saturated carbocycles. The Balaban J connectivity index is 1.70. The van der Waals surface area contributed by atoms with Crippen LogP contribution in [0.2, 0.25) is 19.6 Å². The zero-order valence-electron chi connectivity index (χ0n) is 19.4. The van der Waals surface area contributed by atoms with Gasteiger partial charge in [-0.1, -0.05) is 110 Å². The summed E-state index contributed by atoms with van der Waals surface area (Å²) in [5, 5.41) is 4.26. The highest BCUT2D eigenvalue weighted by Gasteiger charge is 2.57. The molecule has 4 heteroatoms. The van der Waals surface area contributed by atoms with Gasteiger partial charge >= 0.3 is 0 Å². The van der Waals surface area contributed by atoms with E-state index in [9.17, 15) is 0 Å². The van der Waals surface area contributed by atoms with Crippen molar-refractivity contribution in [2.45, 2.75) is 31.7 Å². The average Bonchev–Trinajstić information content (AvgIpc) is 3.57. The molecule has 1 fully saturated rings. The summed E-state index contributed by atoms with van der Waals surface area (Å²) >= 11 is 0. The van der Waals surface area contributed by atoms with E-state index in [1.54, 1.807) is 0 Å². The van der Waals surface area contributed by atoms with E-state index in [1.807, 2.05) is 60.7 Å². The number of nitrogens with zero attached hydrogens (tertiary/aromatic N) is 1. The largest absolute Gasteiger partial charge is 0.296 e. The quantitative estimate of drug-likeness (QED) is 0.174. The molecule has 0 radical (unpaired) electrons. The standard InChI is InChI=1S/C29H30NOPSi/c1-33(2,3)22-21-28-29(27-20-12-14-23-13-10-11-19-26(23)27)30(28)32(31,24-15-6-4-7-16-24)25-17-8-5-9-18-25/h4-22,28-29H,1-3H3/b22-21+/t28-,29+,30?/m1/s1. The average molecular weight is 468 g/mol. The summed E-state index contributed by atoms with van der Waals surface area (Å²) in [5.74, 6) is 0. The van der Waals surface area contributed by atoms with E-state index in [-0.39, 0.29) is 12.1 Å². The van der Waals surface area contributed by atoms with Crippen LogP contribution in [0.3, 0.4) is 0 Å². The maximum atomic E-state index is 15.1. The summed E-state index contributed by atoms with van der Waals surface area (Å²) < 4.78 is 17.4. The molecule has 1 aliphatic rings. The molecule has 0 N–H and O–H groups in total. The number of fused-ring (bicyclic) bond motifs is 1. The molecule has 1 aliphatic heterocycles. The molecular formula is C29H30NOPSi. The Labute approximate surface area is 198 Å². The van der Waals surface area contributed by atoms with Gasteiger partial charge in [-0.25, -0.2) is 4.67 Å². The summed E-state index contributed by atoms with van der Waals surface area (Å²) in [4.78, 5) is 0. The highest BCUT2D eigenvalue weighted by Crippen LogP contribution is 2.65. The van der Waals surface area contributed by atoms with Gasteiger partial charge in [-0.05, 0) is 40.6 Å². The highest BCUT2D eigenvalue weighted by atomic mass is 31.2. The topological polar surface area (TPSA) is 20.1 Å². The first-order chi connectivity index (χ1) is 15.9. The van der Waals surface area contributed by atoms with Gasteiger partial charge in [-0.15, -0.1) is 0 Å². The van der Waals surface area contributed by atoms with Crippen molar-refractivity contribution in [2.75, 3.05) is 0 Å². The summed E-state index contributed by atoms with van der Waals surface area (Å²) in [5.41, 5.74) is 3.65. The first-order valence-corrected chi connectivity index (χ1v) is 16.8. The molecule has 5 rings (SSSR count). The second-order valence-electron chi connectivity index (χ2n) is 9.86. The van der Waals surface area contributed by atoms with E-state index < -0.39 is 15.4 Å². The number of hydrogen-bond donors (Lipinski definition) is 0. The normalized spacial score (nSPS) is 20.9. The molecule has 3 atom stereocenters. The Morgan fingerprint density at radius 1 is 0.727 bits per heavy atom. The molecule has 0 spiro atoms. The van der Waals surface area contributed by atoms with Crippen LogP contribution < -0.4 is 10.6 Å². The number of rotatable bonds is 6. The van der Waals surface area contributed by atoms with Gasteiger partial charge in [0.1, 0.15) is 0 Å². The third-order valence-corrected chi connectivity index (χ3v) is 10.7. The van der Waals surface area contributed by atoms with E-state index in [0.29, 0.717) is 0 Å². The van der Waals surface area contributed by atoms with E-state index in [4.69, 9.17) is 0 Å². The fourth-order valence-electron chi connectivity index (χ4n) is 4.69. The van der Waals surface area contributed by atoms with Gasteiger partial charge in [-0.2, -0.15) is 0 Å². The van der Waals surface area contributed by atoms with Crippen molar-refractivity contribution in [3.05, 3.63) is 120 Å². The zero-order valence-corrected chi connectivity index (χ0v) is 21.3. The molecule has 0 bridgehead atoms. The molecular weight excluding hydrogens is 437 g/mol. The van der Waals surface area contributed by atoms with E-state index in [0.717, 1.165) is 10.6 Å². The molecule has 1 unspecified atom stereocenters. The van der Waals surface area contributed by atoms with Gasteiger partial charge in [0.05, 0.1) is 20.2 Å². The van der Waals surface area contributed by atoms with Crippen LogP contribution >= 0.6 is 7.29 Å². The fraction of sp³-hybridized carbons (Fsp3) is 0.172. The SMILES string of the molecule is C[Si](C)(C)/C=C/[C@@H]1[C@H](c2cccc3ccccc23)N1P(=O)(c1ccccc1)c1ccccc1. The smallest absolute Gasteiger partial charge is 0.208 e. The first kappa shape index (κ1) is 22.1. The lowest BCUT2D eigenvalue weighted by Crippen LogP contribution is -2.22. The van der Waals surface area contributed by atoms with Crippen molar-refractivity contribution < 1.29 is 4.57 Å². The van der Waals surface area contributed by atoms with Crippen LogP contribution in [0.4, 0.5) is 0 Å². The van der Waals surface area contributed by atoms with Gasteiger partial charge in [-0.3, -0.25) is 4.57 Å². The third-order valence-electron chi connectivity index (χ3n) is 6.30. The minimum atomic E-state index is -3.03. The molecule has 0 aliphatic carbocycles. The predicted molar refractivity (Wildman–Crippen MR) is 145 cm³/mol. The maximum Gasteiger partial charge on any atom is 0.208 e. The van der Waals surface area contributed by atoms with Crippen molar-refractivity contribution in [1.82, 2.24) is 4.67 Å². The second-order valence-corrected chi connectivity index (χ2v) is 17.6. The third kappa shape index (κ3) is 4.17. The summed E-state index contributed by atoms with van der Waals surface area (Å²) in [7, 11) is -4.43. The minimum Gasteiger partial charge on any atom is -0.296 e. The van der Waals surface area contributed by atoms with Crippen LogP contribution in [0.15, 0.2) is 115 Å². The Hall–Kier alpha value is -2.71. The molecule has 1 heterocycles. The molecule has 4 aromatic carbocycles. The zero-order chi connectivity index (χ0) is 23.1. The molecule has 166 valence electrons. The monoisotopic (exact) mass is 467 g/mol. The molecule has 2 nitrogen and oxygen atoms in total. The Morgan fingerprint density at radius 2 is 1.27 bits per heavy atom. The Morgan fingerprint density at radius 3 is 1.88 bits per heavy atom. The lowest BCUT2D eigenvalue weighted by Gasteiger charge is -2.22. The molecule has 4 aromatic rings. The number of hydrogen-bond acceptors (Lipinski definition) is 1. The highest BCUT2D eigenvalue weighted by molar-refractivity contribution is 7.76. The second kappa shape index (κ2) is 8.57. The summed E-state index contributed by atoms with van der Waals surface area (Å²) in [6.07, 6.45) is 2.33. The molecule has 0 amide bonds. The van der Waals surface area contributed by atoms with Crippen LogP contribution in [0.1, 0.15) is 11.6 Å². The molecule has 0 aromatic heterocycles. The van der Waals surface area contributed by atoms with Gasteiger partial charge in [0.2, 0.25) is 7.29 Å². The number of benzene rings is 4. The van der Waals surface area contributed by atoms with Crippen LogP contribution in [-0.4, -0.2) is 18.8 Å². The van der Waals surface area contributed by atoms with Crippen molar-refractivity contribution >= 4 is 36.7 Å². The Kier molecular flexibility index (Phi) is 5.74. The van der Waals surface area contributed by atoms with Gasteiger partial charge in [0.25, 0.3) is 0 Å². The maximum absolute atomic E-state index is 15.1. The van der Waals surface area contributed by atoms with Gasteiger partial charge in [0, 0.05) is 10.6 Å². The van der Waals surface area contributed by atoms with E-state index in [2.05, 4.69) is 78.6 Å². The van der Waals surface area contributed by atoms with E-state index >= 15 is 4.57 Å². The predicted octanol–water partition coefficient (Wildman–Crippen LogP) is 6.93. The van der Waals surface area contributed by atoms with Crippen LogP contribution in [0.25, 0.3) is 10.8 Å².